The second-order valence-corrected chi connectivity index (χ2v) is 4.29. The lowest BCUT2D eigenvalue weighted by atomic mass is 10.2. The maximum absolute atomic E-state index is 11.5. The maximum Gasteiger partial charge on any atom is 0.412 e. The minimum atomic E-state index is -0.514. The van der Waals surface area contributed by atoms with Crippen LogP contribution in [0.5, 0.6) is 0 Å². The molecule has 0 spiro atoms. The van der Waals surface area contributed by atoms with Crippen molar-refractivity contribution in [2.75, 3.05) is 19.9 Å². The first-order valence-corrected chi connectivity index (χ1v) is 4.62. The van der Waals surface area contributed by atoms with Crippen molar-refractivity contribution < 1.29 is 19.4 Å². The van der Waals surface area contributed by atoms with Crippen LogP contribution < -0.4 is 0 Å². The highest BCUT2D eigenvalue weighted by Crippen LogP contribution is 2.15. The average Bonchev–Trinajstić information content (AvgIpc) is 2.47. The molecule has 0 saturated carbocycles. The monoisotopic (exact) mass is 203 g/mol. The number of aliphatic hydroxyl groups is 1. The predicted molar refractivity (Wildman–Crippen MR) is 49.8 cm³/mol. The van der Waals surface area contributed by atoms with E-state index in [1.54, 1.807) is 20.8 Å². The number of carbonyl (C=O) groups excluding carboxylic acids is 1. The summed E-state index contributed by atoms with van der Waals surface area (Å²) in [5.41, 5.74) is -0.514. The summed E-state index contributed by atoms with van der Waals surface area (Å²) in [5, 5.41) is 8.95. The van der Waals surface area contributed by atoms with E-state index in [1.165, 1.54) is 4.90 Å². The van der Waals surface area contributed by atoms with Gasteiger partial charge in [0.2, 0.25) is 0 Å². The maximum atomic E-state index is 11.5. The highest BCUT2D eigenvalue weighted by molar-refractivity contribution is 5.68. The molecule has 14 heavy (non-hydrogen) atoms. The van der Waals surface area contributed by atoms with E-state index in [4.69, 9.17) is 14.6 Å². The van der Waals surface area contributed by atoms with Crippen LogP contribution in [0, 0.1) is 0 Å². The van der Waals surface area contributed by atoms with Crippen molar-refractivity contribution in [3.63, 3.8) is 0 Å². The molecule has 1 aliphatic heterocycles. The molecule has 82 valence electrons. The summed E-state index contributed by atoms with van der Waals surface area (Å²) in [5.74, 6) is 0. The smallest absolute Gasteiger partial charge is 0.412 e. The van der Waals surface area contributed by atoms with Gasteiger partial charge in [0.05, 0.1) is 19.3 Å². The van der Waals surface area contributed by atoms with Crippen LogP contribution in [0.4, 0.5) is 4.79 Å². The summed E-state index contributed by atoms with van der Waals surface area (Å²) in [6, 6.07) is -0.273. The zero-order valence-corrected chi connectivity index (χ0v) is 8.82. The van der Waals surface area contributed by atoms with Crippen LogP contribution in [0.3, 0.4) is 0 Å². The Bertz CT molecular complexity index is 211. The fraction of sp³-hybridized carbons (Fsp3) is 0.889. The summed E-state index contributed by atoms with van der Waals surface area (Å²) in [6.45, 7) is 5.87. The first-order valence-electron chi connectivity index (χ1n) is 4.62. The van der Waals surface area contributed by atoms with Gasteiger partial charge in [-0.1, -0.05) is 0 Å². The van der Waals surface area contributed by atoms with Crippen molar-refractivity contribution in [3.05, 3.63) is 0 Å². The zero-order valence-electron chi connectivity index (χ0n) is 8.82. The average molecular weight is 203 g/mol. The fourth-order valence-electron chi connectivity index (χ4n) is 1.16. The number of nitrogens with zero attached hydrogens (tertiary/aromatic N) is 1. The van der Waals surface area contributed by atoms with Gasteiger partial charge in [-0.2, -0.15) is 0 Å². The van der Waals surface area contributed by atoms with E-state index in [0.29, 0.717) is 6.61 Å². The number of carbonyl (C=O) groups is 1. The molecule has 0 aromatic rings. The van der Waals surface area contributed by atoms with Gasteiger partial charge in [-0.15, -0.1) is 0 Å². The molecular formula is C9H17NO4. The summed E-state index contributed by atoms with van der Waals surface area (Å²) in [7, 11) is 0. The molecule has 1 fully saturated rings. The van der Waals surface area contributed by atoms with Gasteiger partial charge in [-0.3, -0.25) is 4.90 Å². The Hall–Kier alpha value is -0.810. The van der Waals surface area contributed by atoms with E-state index in [-0.39, 0.29) is 19.4 Å². The third-order valence-corrected chi connectivity index (χ3v) is 1.82. The number of hydrogen-bond donors (Lipinski definition) is 1. The summed E-state index contributed by atoms with van der Waals surface area (Å²) in [6.07, 6.45) is -0.436. The Labute approximate surface area is 83.6 Å². The Balaban J connectivity index is 2.52. The van der Waals surface area contributed by atoms with Crippen molar-refractivity contribution in [1.82, 2.24) is 4.90 Å². The first-order chi connectivity index (χ1) is 6.44. The van der Waals surface area contributed by atoms with Crippen molar-refractivity contribution in [2.45, 2.75) is 32.4 Å². The molecular weight excluding hydrogens is 186 g/mol. The molecule has 0 aromatic carbocycles. The minimum absolute atomic E-state index is 0.0980. The molecule has 1 atom stereocenters. The first kappa shape index (κ1) is 11.3. The van der Waals surface area contributed by atoms with Gasteiger partial charge < -0.3 is 14.6 Å². The molecule has 1 N–H and O–H groups in total. The molecule has 1 heterocycles. The molecule has 0 aromatic heterocycles. The van der Waals surface area contributed by atoms with Crippen LogP contribution in [0.1, 0.15) is 20.8 Å². The molecule has 1 aliphatic rings. The van der Waals surface area contributed by atoms with Crippen molar-refractivity contribution in [1.29, 1.82) is 0 Å². The van der Waals surface area contributed by atoms with Gasteiger partial charge in [0.1, 0.15) is 12.3 Å². The number of amides is 1. The van der Waals surface area contributed by atoms with Crippen LogP contribution in [0.15, 0.2) is 0 Å². The molecule has 0 unspecified atom stereocenters. The second kappa shape index (κ2) is 4.14. The summed E-state index contributed by atoms with van der Waals surface area (Å²) in [4.78, 5) is 12.9. The van der Waals surface area contributed by atoms with Gasteiger partial charge >= 0.3 is 6.09 Å². The lowest BCUT2D eigenvalue weighted by molar-refractivity contribution is 0.0123. The molecule has 0 aliphatic carbocycles. The Morgan fingerprint density at radius 1 is 1.64 bits per heavy atom. The number of ether oxygens (including phenoxy) is 2. The molecule has 5 heteroatoms. The highest BCUT2D eigenvalue weighted by atomic mass is 16.6. The topological polar surface area (TPSA) is 59.0 Å². The van der Waals surface area contributed by atoms with E-state index in [9.17, 15) is 4.79 Å². The third kappa shape index (κ3) is 2.85. The zero-order chi connectivity index (χ0) is 10.8. The minimum Gasteiger partial charge on any atom is -0.444 e. The normalized spacial score (nSPS) is 22.6. The van der Waals surface area contributed by atoms with E-state index >= 15 is 0 Å². The molecule has 0 bridgehead atoms. The van der Waals surface area contributed by atoms with Gasteiger partial charge in [0.15, 0.2) is 0 Å². The van der Waals surface area contributed by atoms with Crippen molar-refractivity contribution in [2.24, 2.45) is 0 Å². The Morgan fingerprint density at radius 3 is 2.79 bits per heavy atom. The van der Waals surface area contributed by atoms with Gasteiger partial charge in [0.25, 0.3) is 0 Å². The van der Waals surface area contributed by atoms with Crippen LogP contribution >= 0.6 is 0 Å². The largest absolute Gasteiger partial charge is 0.444 e. The van der Waals surface area contributed by atoms with Gasteiger partial charge in [-0.05, 0) is 20.8 Å². The summed E-state index contributed by atoms with van der Waals surface area (Å²) >= 11 is 0. The van der Waals surface area contributed by atoms with E-state index < -0.39 is 11.7 Å². The van der Waals surface area contributed by atoms with Gasteiger partial charge in [0, 0.05) is 0 Å². The lowest BCUT2D eigenvalue weighted by Gasteiger charge is -2.26. The van der Waals surface area contributed by atoms with Crippen molar-refractivity contribution in [3.8, 4) is 0 Å². The van der Waals surface area contributed by atoms with E-state index in [1.807, 2.05) is 0 Å². The van der Waals surface area contributed by atoms with Gasteiger partial charge in [-0.25, -0.2) is 4.79 Å². The fourth-order valence-corrected chi connectivity index (χ4v) is 1.16. The van der Waals surface area contributed by atoms with Crippen LogP contribution in [-0.2, 0) is 9.47 Å². The molecule has 1 amide bonds. The van der Waals surface area contributed by atoms with E-state index in [0.717, 1.165) is 0 Å². The highest BCUT2D eigenvalue weighted by Gasteiger charge is 2.32. The molecule has 5 nitrogen and oxygen atoms in total. The van der Waals surface area contributed by atoms with E-state index in [2.05, 4.69) is 0 Å². The molecule has 1 saturated heterocycles. The lowest BCUT2D eigenvalue weighted by Crippen LogP contribution is -2.42. The Morgan fingerprint density at radius 2 is 2.29 bits per heavy atom. The quantitative estimate of drug-likeness (QED) is 0.677. The van der Waals surface area contributed by atoms with Crippen molar-refractivity contribution >= 4 is 6.09 Å². The van der Waals surface area contributed by atoms with Crippen LogP contribution in [0.2, 0.25) is 0 Å². The predicted octanol–water partition coefficient (Wildman–Crippen LogP) is 0.572. The summed E-state index contributed by atoms with van der Waals surface area (Å²) < 4.78 is 10.2. The number of rotatable bonds is 1. The SMILES string of the molecule is CC(C)(C)OC(=O)N1COC[C@@H]1CO. The number of hydrogen-bond acceptors (Lipinski definition) is 4. The van der Waals surface area contributed by atoms with Crippen LogP contribution in [0.25, 0.3) is 0 Å². The van der Waals surface area contributed by atoms with Crippen LogP contribution in [-0.4, -0.2) is 47.7 Å². The Kier molecular flexibility index (Phi) is 3.34. The standard InChI is InChI=1S/C9H17NO4/c1-9(2,3)14-8(12)10-6-13-5-7(10)4-11/h7,11H,4-6H2,1-3H3/t7-/m0/s1. The molecule has 1 rings (SSSR count). The third-order valence-electron chi connectivity index (χ3n) is 1.82. The molecule has 0 radical (unpaired) electrons. The second-order valence-electron chi connectivity index (χ2n) is 4.29. The number of aliphatic hydroxyl groups excluding tert-OH is 1.